The summed E-state index contributed by atoms with van der Waals surface area (Å²) >= 11 is 0. The van der Waals surface area contributed by atoms with Crippen molar-refractivity contribution in [3.63, 3.8) is 0 Å². The van der Waals surface area contributed by atoms with E-state index in [1.807, 2.05) is 12.1 Å². The quantitative estimate of drug-likeness (QED) is 0.723. The number of carbonyl (C=O) groups excluding carboxylic acids is 1. The van der Waals surface area contributed by atoms with Crippen LogP contribution in [0.25, 0.3) is 10.8 Å². The van der Waals surface area contributed by atoms with Crippen LogP contribution in [-0.4, -0.2) is 11.0 Å². The van der Waals surface area contributed by atoms with E-state index >= 15 is 0 Å². The summed E-state index contributed by atoms with van der Waals surface area (Å²) in [5.41, 5.74) is 1.21. The number of esters is 1. The van der Waals surface area contributed by atoms with E-state index < -0.39 is 0 Å². The predicted molar refractivity (Wildman–Crippen MR) is 62.4 cm³/mol. The molecule has 1 heterocycles. The van der Waals surface area contributed by atoms with Crippen molar-refractivity contribution in [3.8, 4) is 5.75 Å². The normalized spacial score (nSPS) is 10.4. The van der Waals surface area contributed by atoms with Gasteiger partial charge in [-0.25, -0.2) is 0 Å². The van der Waals surface area contributed by atoms with Crippen molar-refractivity contribution >= 4 is 16.7 Å². The molecule has 0 spiro atoms. The Morgan fingerprint density at radius 3 is 2.88 bits per heavy atom. The number of nitrogens with zero attached hydrogens (tertiary/aromatic N) is 1. The Morgan fingerprint density at radius 1 is 1.38 bits per heavy atom. The molecule has 0 saturated carbocycles. The molecule has 0 amide bonds. The number of aromatic nitrogens is 1. The van der Waals surface area contributed by atoms with Crippen LogP contribution >= 0.6 is 0 Å². The van der Waals surface area contributed by atoms with Gasteiger partial charge in [0.1, 0.15) is 0 Å². The summed E-state index contributed by atoms with van der Waals surface area (Å²) in [7, 11) is 0. The third-order valence-electron chi connectivity index (χ3n) is 2.45. The summed E-state index contributed by atoms with van der Waals surface area (Å²) in [6.45, 7) is 3.48. The first-order chi connectivity index (χ1) is 7.70. The van der Waals surface area contributed by atoms with E-state index in [4.69, 9.17) is 4.74 Å². The van der Waals surface area contributed by atoms with Crippen LogP contribution in [0.1, 0.15) is 19.4 Å². The number of rotatable bonds is 2. The molecular weight excluding hydrogens is 202 g/mol. The highest BCUT2D eigenvalue weighted by Crippen LogP contribution is 2.25. The molecule has 82 valence electrons. The van der Waals surface area contributed by atoms with Gasteiger partial charge >= 0.3 is 5.97 Å². The van der Waals surface area contributed by atoms with Gasteiger partial charge in [0.15, 0.2) is 5.75 Å². The lowest BCUT2D eigenvalue weighted by Crippen LogP contribution is -2.02. The van der Waals surface area contributed by atoms with E-state index in [0.29, 0.717) is 5.75 Å². The Labute approximate surface area is 94.1 Å². The number of pyridine rings is 1. The molecule has 0 saturated heterocycles. The van der Waals surface area contributed by atoms with Crippen molar-refractivity contribution in [2.24, 2.45) is 0 Å². The molecule has 0 N–H and O–H groups in total. The second-order valence-corrected chi connectivity index (χ2v) is 3.64. The number of hydrogen-bond donors (Lipinski definition) is 0. The van der Waals surface area contributed by atoms with Crippen molar-refractivity contribution in [2.45, 2.75) is 20.3 Å². The van der Waals surface area contributed by atoms with Gasteiger partial charge in [0.05, 0.1) is 6.20 Å². The maximum absolute atomic E-state index is 11.0. The fourth-order valence-corrected chi connectivity index (χ4v) is 1.64. The standard InChI is InChI=1S/C13H13NO2/c1-3-10-4-5-11-7-14-8-13(12(11)6-10)16-9(2)15/h4-8H,3H2,1-2H3. The van der Waals surface area contributed by atoms with Crippen LogP contribution in [0.5, 0.6) is 5.75 Å². The molecule has 3 heteroatoms. The van der Waals surface area contributed by atoms with Gasteiger partial charge in [-0.05, 0) is 18.1 Å². The summed E-state index contributed by atoms with van der Waals surface area (Å²) in [6.07, 6.45) is 4.29. The van der Waals surface area contributed by atoms with Crippen molar-refractivity contribution in [2.75, 3.05) is 0 Å². The van der Waals surface area contributed by atoms with E-state index in [0.717, 1.165) is 17.2 Å². The maximum Gasteiger partial charge on any atom is 0.308 e. The Balaban J connectivity index is 2.59. The van der Waals surface area contributed by atoms with E-state index in [1.54, 1.807) is 12.4 Å². The van der Waals surface area contributed by atoms with E-state index in [9.17, 15) is 4.79 Å². The summed E-state index contributed by atoms with van der Waals surface area (Å²) in [6, 6.07) is 6.09. The first-order valence-corrected chi connectivity index (χ1v) is 5.25. The predicted octanol–water partition coefficient (Wildman–Crippen LogP) is 2.72. The van der Waals surface area contributed by atoms with Gasteiger partial charge in [0.2, 0.25) is 0 Å². The summed E-state index contributed by atoms with van der Waals surface area (Å²) < 4.78 is 5.13. The Hall–Kier alpha value is -1.90. The van der Waals surface area contributed by atoms with Gasteiger partial charge < -0.3 is 4.74 Å². The molecule has 0 fully saturated rings. The fourth-order valence-electron chi connectivity index (χ4n) is 1.64. The zero-order valence-corrected chi connectivity index (χ0v) is 9.36. The molecule has 0 atom stereocenters. The molecular formula is C13H13NO2. The third kappa shape index (κ3) is 2.03. The molecule has 3 nitrogen and oxygen atoms in total. The minimum Gasteiger partial charge on any atom is -0.424 e. The molecule has 2 aromatic rings. The lowest BCUT2D eigenvalue weighted by molar-refractivity contribution is -0.131. The number of ether oxygens (including phenoxy) is 1. The van der Waals surface area contributed by atoms with E-state index in [-0.39, 0.29) is 5.97 Å². The number of fused-ring (bicyclic) bond motifs is 1. The lowest BCUT2D eigenvalue weighted by atomic mass is 10.1. The smallest absolute Gasteiger partial charge is 0.308 e. The fraction of sp³-hybridized carbons (Fsp3) is 0.231. The zero-order valence-electron chi connectivity index (χ0n) is 9.36. The summed E-state index contributed by atoms with van der Waals surface area (Å²) in [5.74, 6) is 0.205. The average Bonchev–Trinajstić information content (AvgIpc) is 2.28. The van der Waals surface area contributed by atoms with Gasteiger partial charge in [0, 0.05) is 23.9 Å². The Bertz CT molecular complexity index is 534. The molecule has 0 unspecified atom stereocenters. The molecule has 0 bridgehead atoms. The monoisotopic (exact) mass is 215 g/mol. The Morgan fingerprint density at radius 2 is 2.19 bits per heavy atom. The topological polar surface area (TPSA) is 39.2 Å². The lowest BCUT2D eigenvalue weighted by Gasteiger charge is -2.06. The number of benzene rings is 1. The number of hydrogen-bond acceptors (Lipinski definition) is 3. The highest BCUT2D eigenvalue weighted by molar-refractivity contribution is 5.89. The van der Waals surface area contributed by atoms with Crippen LogP contribution < -0.4 is 4.74 Å². The molecule has 1 aromatic heterocycles. The van der Waals surface area contributed by atoms with Gasteiger partial charge in [0.25, 0.3) is 0 Å². The summed E-state index contributed by atoms with van der Waals surface area (Å²) in [4.78, 5) is 15.0. The first kappa shape index (κ1) is 10.6. The highest BCUT2D eigenvalue weighted by atomic mass is 16.5. The maximum atomic E-state index is 11.0. The largest absolute Gasteiger partial charge is 0.424 e. The molecule has 0 radical (unpaired) electrons. The molecule has 2 rings (SSSR count). The van der Waals surface area contributed by atoms with Crippen molar-refractivity contribution in [1.82, 2.24) is 4.98 Å². The van der Waals surface area contributed by atoms with Crippen LogP contribution in [0.2, 0.25) is 0 Å². The molecule has 0 aliphatic rings. The third-order valence-corrected chi connectivity index (χ3v) is 2.45. The second kappa shape index (κ2) is 4.31. The molecule has 16 heavy (non-hydrogen) atoms. The molecule has 1 aromatic carbocycles. The molecule has 0 aliphatic carbocycles. The Kier molecular flexibility index (Phi) is 2.86. The highest BCUT2D eigenvalue weighted by Gasteiger charge is 2.05. The van der Waals surface area contributed by atoms with Gasteiger partial charge in [-0.15, -0.1) is 0 Å². The van der Waals surface area contributed by atoms with Crippen LogP contribution in [0, 0.1) is 0 Å². The van der Waals surface area contributed by atoms with Crippen molar-refractivity contribution < 1.29 is 9.53 Å². The van der Waals surface area contributed by atoms with Crippen LogP contribution in [-0.2, 0) is 11.2 Å². The van der Waals surface area contributed by atoms with Gasteiger partial charge in [-0.2, -0.15) is 0 Å². The van der Waals surface area contributed by atoms with Gasteiger partial charge in [-0.1, -0.05) is 19.1 Å². The average molecular weight is 215 g/mol. The van der Waals surface area contributed by atoms with E-state index in [1.165, 1.54) is 12.5 Å². The zero-order chi connectivity index (χ0) is 11.5. The van der Waals surface area contributed by atoms with Crippen molar-refractivity contribution in [3.05, 3.63) is 36.2 Å². The minimum atomic E-state index is -0.323. The number of aryl methyl sites for hydroxylation is 1. The number of carbonyl (C=O) groups is 1. The van der Waals surface area contributed by atoms with Crippen molar-refractivity contribution in [1.29, 1.82) is 0 Å². The molecule has 0 aliphatic heterocycles. The van der Waals surface area contributed by atoms with Crippen LogP contribution in [0.3, 0.4) is 0 Å². The second-order valence-electron chi connectivity index (χ2n) is 3.64. The first-order valence-electron chi connectivity index (χ1n) is 5.25. The van der Waals surface area contributed by atoms with Crippen LogP contribution in [0.4, 0.5) is 0 Å². The van der Waals surface area contributed by atoms with Gasteiger partial charge in [-0.3, -0.25) is 9.78 Å². The summed E-state index contributed by atoms with van der Waals surface area (Å²) in [5, 5.41) is 1.92. The minimum absolute atomic E-state index is 0.323. The van der Waals surface area contributed by atoms with E-state index in [2.05, 4.69) is 18.0 Å². The van der Waals surface area contributed by atoms with Crippen LogP contribution in [0.15, 0.2) is 30.6 Å². The SMILES string of the molecule is CCc1ccc2cncc(OC(C)=O)c2c1.